The highest BCUT2D eigenvalue weighted by atomic mass is 31.0. The van der Waals surface area contributed by atoms with Gasteiger partial charge in [-0.2, -0.15) is 0 Å². The van der Waals surface area contributed by atoms with E-state index in [1.165, 1.54) is 32.1 Å². The summed E-state index contributed by atoms with van der Waals surface area (Å²) in [7, 11) is 3.01. The molecule has 1 fully saturated rings. The Morgan fingerprint density at radius 1 is 1.38 bits per heavy atom. The lowest BCUT2D eigenvalue weighted by Crippen LogP contribution is -2.11. The highest BCUT2D eigenvalue weighted by molar-refractivity contribution is 7.19. The molecule has 0 amide bonds. The second-order valence-corrected chi connectivity index (χ2v) is 4.15. The lowest BCUT2D eigenvalue weighted by molar-refractivity contribution is 0.587. The van der Waals surface area contributed by atoms with Gasteiger partial charge in [-0.1, -0.05) is 19.8 Å². The Morgan fingerprint density at radius 3 is 2.12 bits per heavy atom. The van der Waals surface area contributed by atoms with Crippen LogP contribution in [-0.2, 0) is 0 Å². The minimum absolute atomic E-state index is 0.653. The van der Waals surface area contributed by atoms with Crippen LogP contribution >= 0.6 is 9.24 Å². The maximum atomic E-state index is 3.01. The van der Waals surface area contributed by atoms with Gasteiger partial charge in [0.25, 0.3) is 0 Å². The summed E-state index contributed by atoms with van der Waals surface area (Å²) in [5.74, 6) is 0. The van der Waals surface area contributed by atoms with E-state index in [-0.39, 0.29) is 0 Å². The van der Waals surface area contributed by atoms with E-state index in [1.54, 1.807) is 0 Å². The molecule has 0 aliphatic heterocycles. The van der Waals surface area contributed by atoms with Crippen molar-refractivity contribution in [2.24, 2.45) is 0 Å². The van der Waals surface area contributed by atoms with Crippen molar-refractivity contribution in [2.75, 3.05) is 0 Å². The van der Waals surface area contributed by atoms with Crippen molar-refractivity contribution < 1.29 is 0 Å². The second-order valence-electron chi connectivity index (χ2n) is 2.92. The minimum Gasteiger partial charge on any atom is -0.131 e. The SMILES string of the molecule is CCC1(P)CCCC1. The predicted molar refractivity (Wildman–Crippen MR) is 41.2 cm³/mol. The van der Waals surface area contributed by atoms with Crippen LogP contribution in [0, 0.1) is 0 Å². The van der Waals surface area contributed by atoms with Gasteiger partial charge in [0.15, 0.2) is 0 Å². The maximum Gasteiger partial charge on any atom is -0.0153 e. The van der Waals surface area contributed by atoms with Crippen LogP contribution in [0.3, 0.4) is 0 Å². The van der Waals surface area contributed by atoms with Gasteiger partial charge in [0.05, 0.1) is 0 Å². The van der Waals surface area contributed by atoms with Crippen LogP contribution < -0.4 is 0 Å². The zero-order valence-electron chi connectivity index (χ0n) is 5.61. The van der Waals surface area contributed by atoms with Gasteiger partial charge in [-0.3, -0.25) is 0 Å². The molecule has 0 N–H and O–H groups in total. The molecule has 0 aromatic carbocycles. The molecule has 8 heavy (non-hydrogen) atoms. The molecule has 0 heterocycles. The predicted octanol–water partition coefficient (Wildman–Crippen LogP) is 2.58. The van der Waals surface area contributed by atoms with Gasteiger partial charge in [-0.15, -0.1) is 9.24 Å². The summed E-state index contributed by atoms with van der Waals surface area (Å²) in [5, 5.41) is 0.653. The first kappa shape index (κ1) is 6.55. The van der Waals surface area contributed by atoms with Crippen molar-refractivity contribution in [3.8, 4) is 0 Å². The first-order valence-corrected chi connectivity index (χ1v) is 4.13. The Balaban J connectivity index is 2.40. The average molecular weight is 130 g/mol. The van der Waals surface area contributed by atoms with Gasteiger partial charge >= 0.3 is 0 Å². The van der Waals surface area contributed by atoms with Gasteiger partial charge in [0.1, 0.15) is 0 Å². The quantitative estimate of drug-likeness (QED) is 0.478. The molecule has 1 aliphatic carbocycles. The van der Waals surface area contributed by atoms with Crippen molar-refractivity contribution in [3.63, 3.8) is 0 Å². The smallest absolute Gasteiger partial charge is 0.0153 e. The van der Waals surface area contributed by atoms with Gasteiger partial charge in [0.2, 0.25) is 0 Å². The van der Waals surface area contributed by atoms with E-state index in [0.29, 0.717) is 5.16 Å². The van der Waals surface area contributed by atoms with Gasteiger partial charge in [-0.25, -0.2) is 0 Å². The molecule has 1 saturated carbocycles. The monoisotopic (exact) mass is 130 g/mol. The highest BCUT2D eigenvalue weighted by Crippen LogP contribution is 2.39. The molecule has 0 radical (unpaired) electrons. The van der Waals surface area contributed by atoms with Crippen molar-refractivity contribution in [1.82, 2.24) is 0 Å². The van der Waals surface area contributed by atoms with Crippen molar-refractivity contribution >= 4 is 9.24 Å². The summed E-state index contributed by atoms with van der Waals surface area (Å²) < 4.78 is 0. The molecule has 1 unspecified atom stereocenters. The topological polar surface area (TPSA) is 0 Å². The minimum atomic E-state index is 0.653. The Labute approximate surface area is 54.3 Å². The zero-order chi connectivity index (χ0) is 6.04. The molecule has 0 nitrogen and oxygen atoms in total. The summed E-state index contributed by atoms with van der Waals surface area (Å²) in [6, 6.07) is 0. The van der Waals surface area contributed by atoms with E-state index in [1.807, 2.05) is 0 Å². The second kappa shape index (κ2) is 2.35. The zero-order valence-corrected chi connectivity index (χ0v) is 6.77. The Morgan fingerprint density at radius 2 is 1.88 bits per heavy atom. The lowest BCUT2D eigenvalue weighted by Gasteiger charge is -2.19. The number of hydrogen-bond acceptors (Lipinski definition) is 0. The third-order valence-electron chi connectivity index (χ3n) is 2.30. The third-order valence-corrected chi connectivity index (χ3v) is 3.29. The molecule has 1 atom stereocenters. The van der Waals surface area contributed by atoms with E-state index >= 15 is 0 Å². The molecule has 1 rings (SSSR count). The molecule has 0 bridgehead atoms. The van der Waals surface area contributed by atoms with Gasteiger partial charge < -0.3 is 0 Å². The molecule has 0 aromatic heterocycles. The Bertz CT molecular complexity index is 72.5. The molecular weight excluding hydrogens is 115 g/mol. The van der Waals surface area contributed by atoms with Crippen LogP contribution in [0.5, 0.6) is 0 Å². The lowest BCUT2D eigenvalue weighted by atomic mass is 10.0. The summed E-state index contributed by atoms with van der Waals surface area (Å²) in [4.78, 5) is 0. The number of rotatable bonds is 1. The van der Waals surface area contributed by atoms with Crippen molar-refractivity contribution in [3.05, 3.63) is 0 Å². The standard InChI is InChI=1S/C7H15P/c1-2-7(8)5-3-4-6-7/h2-6,8H2,1H3. The molecule has 1 heteroatoms. The van der Waals surface area contributed by atoms with E-state index in [2.05, 4.69) is 16.2 Å². The van der Waals surface area contributed by atoms with Gasteiger partial charge in [0, 0.05) is 0 Å². The van der Waals surface area contributed by atoms with Crippen LogP contribution in [0.4, 0.5) is 0 Å². The average Bonchev–Trinajstić information content (AvgIpc) is 2.17. The Kier molecular flexibility index (Phi) is 1.92. The van der Waals surface area contributed by atoms with Crippen LogP contribution in [0.2, 0.25) is 0 Å². The normalized spacial score (nSPS) is 26.2. The molecule has 48 valence electrons. The van der Waals surface area contributed by atoms with E-state index < -0.39 is 0 Å². The van der Waals surface area contributed by atoms with Gasteiger partial charge in [-0.05, 0) is 24.4 Å². The fourth-order valence-corrected chi connectivity index (χ4v) is 1.84. The maximum absolute atomic E-state index is 3.01. The van der Waals surface area contributed by atoms with E-state index in [9.17, 15) is 0 Å². The van der Waals surface area contributed by atoms with Crippen LogP contribution in [0.15, 0.2) is 0 Å². The van der Waals surface area contributed by atoms with Crippen molar-refractivity contribution in [2.45, 2.75) is 44.2 Å². The fourth-order valence-electron chi connectivity index (χ4n) is 1.43. The van der Waals surface area contributed by atoms with Crippen LogP contribution in [-0.4, -0.2) is 5.16 Å². The molecule has 0 saturated heterocycles. The summed E-state index contributed by atoms with van der Waals surface area (Å²) in [5.41, 5.74) is 0. The molecule has 0 spiro atoms. The molecule has 1 aliphatic rings. The van der Waals surface area contributed by atoms with E-state index in [0.717, 1.165) is 0 Å². The van der Waals surface area contributed by atoms with Crippen LogP contribution in [0.1, 0.15) is 39.0 Å². The third kappa shape index (κ3) is 1.23. The van der Waals surface area contributed by atoms with Crippen molar-refractivity contribution in [1.29, 1.82) is 0 Å². The first-order valence-electron chi connectivity index (χ1n) is 3.56. The largest absolute Gasteiger partial charge is 0.131 e. The first-order chi connectivity index (χ1) is 3.77. The molecular formula is C7H15P. The highest BCUT2D eigenvalue weighted by Gasteiger charge is 2.25. The summed E-state index contributed by atoms with van der Waals surface area (Å²) in [6.07, 6.45) is 7.13. The Hall–Kier alpha value is 0.430. The van der Waals surface area contributed by atoms with E-state index in [4.69, 9.17) is 0 Å². The van der Waals surface area contributed by atoms with Crippen LogP contribution in [0.25, 0.3) is 0 Å². The number of hydrogen-bond donors (Lipinski definition) is 0. The summed E-state index contributed by atoms with van der Waals surface area (Å²) >= 11 is 0. The fraction of sp³-hybridized carbons (Fsp3) is 1.00. The summed E-state index contributed by atoms with van der Waals surface area (Å²) in [6.45, 7) is 2.29. The molecule has 0 aromatic rings.